The predicted molar refractivity (Wildman–Crippen MR) is 78.1 cm³/mol. The molecule has 7 heteroatoms. The minimum absolute atomic E-state index is 0.0332. The van der Waals surface area contributed by atoms with Crippen molar-refractivity contribution in [2.45, 2.75) is 18.9 Å². The molecule has 1 aliphatic heterocycles. The smallest absolute Gasteiger partial charge is 0.270 e. The highest BCUT2D eigenvalue weighted by Crippen LogP contribution is 2.25. The molecule has 112 valence electrons. The number of anilines is 1. The van der Waals surface area contributed by atoms with Crippen LogP contribution in [0.1, 0.15) is 18.4 Å². The molecule has 2 rings (SSSR count). The van der Waals surface area contributed by atoms with Crippen molar-refractivity contribution in [3.05, 3.63) is 33.9 Å². The first kappa shape index (κ1) is 15.2. The van der Waals surface area contributed by atoms with Gasteiger partial charge in [0.05, 0.1) is 22.8 Å². The van der Waals surface area contributed by atoms with Crippen molar-refractivity contribution in [3.63, 3.8) is 0 Å². The lowest BCUT2D eigenvalue weighted by Crippen LogP contribution is -2.39. The second kappa shape index (κ2) is 7.02. The molecular formula is C14H18N4O3. The Balaban J connectivity index is 2.26. The van der Waals surface area contributed by atoms with Gasteiger partial charge in [-0.1, -0.05) is 0 Å². The van der Waals surface area contributed by atoms with Crippen molar-refractivity contribution >= 4 is 11.4 Å². The summed E-state index contributed by atoms with van der Waals surface area (Å²) in [5, 5.41) is 32.6. The zero-order chi connectivity index (χ0) is 15.2. The van der Waals surface area contributed by atoms with E-state index in [0.29, 0.717) is 24.8 Å². The van der Waals surface area contributed by atoms with E-state index in [1.807, 2.05) is 11.0 Å². The minimum atomic E-state index is -0.514. The number of nitrogens with zero attached hydrogens (tertiary/aromatic N) is 3. The van der Waals surface area contributed by atoms with Gasteiger partial charge >= 0.3 is 0 Å². The molecule has 0 spiro atoms. The van der Waals surface area contributed by atoms with Crippen molar-refractivity contribution in [2.75, 3.05) is 31.1 Å². The molecule has 0 amide bonds. The van der Waals surface area contributed by atoms with Crippen LogP contribution in [0.25, 0.3) is 0 Å². The molecule has 0 aliphatic carbocycles. The first-order valence-electron chi connectivity index (χ1n) is 6.93. The molecule has 21 heavy (non-hydrogen) atoms. The summed E-state index contributed by atoms with van der Waals surface area (Å²) < 4.78 is 0. The molecule has 1 fully saturated rings. The normalized spacial score (nSPS) is 17.4. The number of non-ortho nitro benzene ring substituents is 1. The second-order valence-electron chi connectivity index (χ2n) is 5.03. The van der Waals surface area contributed by atoms with Gasteiger partial charge < -0.3 is 15.3 Å². The van der Waals surface area contributed by atoms with Gasteiger partial charge in [0.2, 0.25) is 0 Å². The minimum Gasteiger partial charge on any atom is -0.395 e. The number of rotatable bonds is 6. The maximum absolute atomic E-state index is 10.8. The Morgan fingerprint density at radius 3 is 2.95 bits per heavy atom. The van der Waals surface area contributed by atoms with Crippen molar-refractivity contribution in [2.24, 2.45) is 0 Å². The van der Waals surface area contributed by atoms with E-state index < -0.39 is 4.92 Å². The average molecular weight is 290 g/mol. The summed E-state index contributed by atoms with van der Waals surface area (Å²) in [5.41, 5.74) is 0.791. The highest BCUT2D eigenvalue weighted by Gasteiger charge is 2.21. The van der Waals surface area contributed by atoms with Crippen LogP contribution in [-0.4, -0.2) is 42.3 Å². The van der Waals surface area contributed by atoms with E-state index >= 15 is 0 Å². The molecule has 1 unspecified atom stereocenters. The number of nitrogens with one attached hydrogen (secondary N) is 1. The van der Waals surface area contributed by atoms with Crippen molar-refractivity contribution in [1.29, 1.82) is 5.26 Å². The van der Waals surface area contributed by atoms with Crippen LogP contribution in [0.4, 0.5) is 11.4 Å². The molecular weight excluding hydrogens is 272 g/mol. The van der Waals surface area contributed by atoms with Gasteiger partial charge in [-0.15, -0.1) is 0 Å². The van der Waals surface area contributed by atoms with Crippen LogP contribution in [-0.2, 0) is 0 Å². The molecule has 1 atom stereocenters. The maximum Gasteiger partial charge on any atom is 0.270 e. The first-order valence-corrected chi connectivity index (χ1v) is 6.93. The summed E-state index contributed by atoms with van der Waals surface area (Å²) in [4.78, 5) is 12.2. The lowest BCUT2D eigenvalue weighted by molar-refractivity contribution is -0.384. The maximum atomic E-state index is 10.8. The quantitative estimate of drug-likeness (QED) is 0.599. The fourth-order valence-electron chi connectivity index (χ4n) is 2.61. The van der Waals surface area contributed by atoms with Crippen LogP contribution in [0.15, 0.2) is 18.2 Å². The third-order valence-electron chi connectivity index (χ3n) is 3.63. The molecule has 1 aromatic carbocycles. The van der Waals surface area contributed by atoms with Crippen molar-refractivity contribution in [1.82, 2.24) is 5.32 Å². The van der Waals surface area contributed by atoms with Gasteiger partial charge in [-0.3, -0.25) is 10.1 Å². The van der Waals surface area contributed by atoms with Crippen molar-refractivity contribution < 1.29 is 10.0 Å². The van der Waals surface area contributed by atoms with E-state index in [2.05, 4.69) is 5.32 Å². The molecule has 0 bridgehead atoms. The van der Waals surface area contributed by atoms with E-state index in [-0.39, 0.29) is 17.9 Å². The second-order valence-corrected chi connectivity index (χ2v) is 5.03. The Labute approximate surface area is 122 Å². The van der Waals surface area contributed by atoms with Gasteiger partial charge in [-0.2, -0.15) is 5.26 Å². The monoisotopic (exact) mass is 290 g/mol. The number of nitro groups is 1. The highest BCUT2D eigenvalue weighted by atomic mass is 16.6. The Hall–Kier alpha value is -2.17. The molecule has 2 N–H and O–H groups in total. The third-order valence-corrected chi connectivity index (χ3v) is 3.63. The van der Waals surface area contributed by atoms with Gasteiger partial charge in [0.25, 0.3) is 5.69 Å². The molecule has 1 saturated heterocycles. The Kier molecular flexibility index (Phi) is 5.09. The lowest BCUT2D eigenvalue weighted by atomic mass is 10.1. The van der Waals surface area contributed by atoms with Crippen LogP contribution in [0.2, 0.25) is 0 Å². The van der Waals surface area contributed by atoms with Crippen LogP contribution in [0.5, 0.6) is 0 Å². The SMILES string of the molecule is N#Cc1cc([N+](=O)[O-])ccc1N(CCO)CC1CCCN1. The fourth-order valence-corrected chi connectivity index (χ4v) is 2.61. The van der Waals surface area contributed by atoms with E-state index in [4.69, 9.17) is 0 Å². The van der Waals surface area contributed by atoms with Gasteiger partial charge in [0.15, 0.2) is 0 Å². The summed E-state index contributed by atoms with van der Waals surface area (Å²) >= 11 is 0. The van der Waals surface area contributed by atoms with Gasteiger partial charge in [0, 0.05) is 31.3 Å². The first-order chi connectivity index (χ1) is 10.2. The topological polar surface area (TPSA) is 102 Å². The molecule has 0 radical (unpaired) electrons. The van der Waals surface area contributed by atoms with Crippen LogP contribution >= 0.6 is 0 Å². The molecule has 0 aromatic heterocycles. The van der Waals surface area contributed by atoms with Crippen LogP contribution in [0, 0.1) is 21.4 Å². The number of aliphatic hydroxyl groups excluding tert-OH is 1. The number of hydrogen-bond acceptors (Lipinski definition) is 6. The summed E-state index contributed by atoms with van der Waals surface area (Å²) in [5.74, 6) is 0. The zero-order valence-electron chi connectivity index (χ0n) is 11.7. The Morgan fingerprint density at radius 1 is 1.57 bits per heavy atom. The largest absolute Gasteiger partial charge is 0.395 e. The average Bonchev–Trinajstić information content (AvgIpc) is 2.99. The molecule has 7 nitrogen and oxygen atoms in total. The third kappa shape index (κ3) is 3.68. The lowest BCUT2D eigenvalue weighted by Gasteiger charge is -2.27. The Bertz CT molecular complexity index is 550. The number of nitriles is 1. The summed E-state index contributed by atoms with van der Waals surface area (Å²) in [6.45, 7) is 2.01. The summed E-state index contributed by atoms with van der Waals surface area (Å²) in [7, 11) is 0. The number of hydrogen-bond donors (Lipinski definition) is 2. The van der Waals surface area contributed by atoms with Gasteiger partial charge in [-0.05, 0) is 25.5 Å². The fraction of sp³-hybridized carbons (Fsp3) is 0.500. The van der Waals surface area contributed by atoms with Crippen LogP contribution < -0.4 is 10.2 Å². The predicted octanol–water partition coefficient (Wildman–Crippen LogP) is 1.02. The number of benzene rings is 1. The summed E-state index contributed by atoms with van der Waals surface area (Å²) in [6, 6.07) is 6.58. The van der Waals surface area contributed by atoms with E-state index in [1.54, 1.807) is 6.07 Å². The summed E-state index contributed by atoms with van der Waals surface area (Å²) in [6.07, 6.45) is 2.17. The molecule has 1 aliphatic rings. The Morgan fingerprint density at radius 2 is 2.38 bits per heavy atom. The van der Waals surface area contributed by atoms with Crippen molar-refractivity contribution in [3.8, 4) is 6.07 Å². The number of nitro benzene ring substituents is 1. The standard InChI is InChI=1S/C14H18N4O3/c15-9-11-8-13(18(20)21)3-4-14(11)17(6-7-19)10-12-2-1-5-16-12/h3-4,8,12,16,19H,1-2,5-7,10H2. The van der Waals surface area contributed by atoms with E-state index in [1.165, 1.54) is 12.1 Å². The molecule has 1 heterocycles. The van der Waals surface area contributed by atoms with Gasteiger partial charge in [0.1, 0.15) is 6.07 Å². The highest BCUT2D eigenvalue weighted by molar-refractivity contribution is 5.63. The molecule has 1 aromatic rings. The van der Waals surface area contributed by atoms with E-state index in [0.717, 1.165) is 19.4 Å². The zero-order valence-corrected chi connectivity index (χ0v) is 11.7. The molecule has 0 saturated carbocycles. The van der Waals surface area contributed by atoms with E-state index in [9.17, 15) is 20.5 Å². The van der Waals surface area contributed by atoms with Crippen LogP contribution in [0.3, 0.4) is 0 Å². The van der Waals surface area contributed by atoms with Gasteiger partial charge in [-0.25, -0.2) is 0 Å². The number of aliphatic hydroxyl groups is 1.